The van der Waals surface area contributed by atoms with Crippen LogP contribution >= 0.6 is 27.3 Å². The van der Waals surface area contributed by atoms with Crippen molar-refractivity contribution in [3.05, 3.63) is 72.5 Å². The quantitative estimate of drug-likeness (QED) is 0.398. The monoisotopic (exact) mass is 488 g/mol. The van der Waals surface area contributed by atoms with Gasteiger partial charge in [0.05, 0.1) is 12.0 Å². The van der Waals surface area contributed by atoms with Crippen molar-refractivity contribution in [2.75, 3.05) is 5.32 Å². The van der Waals surface area contributed by atoms with E-state index in [2.05, 4.69) is 41.2 Å². The molecule has 4 rings (SSSR count). The van der Waals surface area contributed by atoms with Gasteiger partial charge in [0.2, 0.25) is 0 Å². The molecular formula is C19H17BrN6O3S. The fourth-order valence-corrected chi connectivity index (χ4v) is 3.95. The first-order valence-electron chi connectivity index (χ1n) is 8.94. The van der Waals surface area contributed by atoms with E-state index in [-0.39, 0.29) is 17.1 Å². The van der Waals surface area contributed by atoms with Gasteiger partial charge < -0.3 is 4.57 Å². The lowest BCUT2D eigenvalue weighted by molar-refractivity contribution is -0.122. The molecule has 0 aliphatic carbocycles. The Morgan fingerprint density at radius 3 is 2.70 bits per heavy atom. The molecule has 0 aliphatic heterocycles. The van der Waals surface area contributed by atoms with Gasteiger partial charge in [-0.3, -0.25) is 24.9 Å². The molecule has 0 saturated carbocycles. The van der Waals surface area contributed by atoms with E-state index < -0.39 is 16.8 Å². The summed E-state index contributed by atoms with van der Waals surface area (Å²) in [5.41, 5.74) is -0.215. The van der Waals surface area contributed by atoms with Crippen LogP contribution in [0.15, 0.2) is 50.0 Å². The van der Waals surface area contributed by atoms with E-state index in [9.17, 15) is 14.4 Å². The summed E-state index contributed by atoms with van der Waals surface area (Å²) >= 11 is 4.75. The fourth-order valence-electron chi connectivity index (χ4n) is 2.98. The Kier molecular flexibility index (Phi) is 5.16. The zero-order chi connectivity index (χ0) is 21.5. The van der Waals surface area contributed by atoms with Crippen molar-refractivity contribution < 1.29 is 4.79 Å². The number of benzene rings is 1. The Morgan fingerprint density at radius 1 is 1.23 bits per heavy atom. The van der Waals surface area contributed by atoms with Crippen LogP contribution in [0.2, 0.25) is 0 Å². The summed E-state index contributed by atoms with van der Waals surface area (Å²) in [5.74, 6) is -0.354. The lowest BCUT2D eigenvalue weighted by Crippen LogP contribution is -2.40. The highest BCUT2D eigenvalue weighted by molar-refractivity contribution is 9.10. The number of aromatic nitrogens is 5. The third kappa shape index (κ3) is 3.85. The van der Waals surface area contributed by atoms with Gasteiger partial charge >= 0.3 is 5.69 Å². The number of nitrogens with zero attached hydrogens (tertiary/aromatic N) is 3. The predicted octanol–water partition coefficient (Wildman–Crippen LogP) is 2.60. The molecule has 0 saturated heterocycles. The molecule has 4 aromatic rings. The van der Waals surface area contributed by atoms with Crippen LogP contribution in [0.3, 0.4) is 0 Å². The number of amides is 1. The lowest BCUT2D eigenvalue weighted by atomic mass is 10.0. The molecular weight excluding hydrogens is 472 g/mol. The molecule has 3 N–H and O–H groups in total. The van der Waals surface area contributed by atoms with Gasteiger partial charge in [-0.2, -0.15) is 0 Å². The number of fused-ring (bicyclic) bond motifs is 1. The van der Waals surface area contributed by atoms with Crippen LogP contribution in [0, 0.1) is 0 Å². The summed E-state index contributed by atoms with van der Waals surface area (Å²) in [7, 11) is 0. The molecule has 0 aliphatic rings. The van der Waals surface area contributed by atoms with Crippen LogP contribution in [0.25, 0.3) is 11.2 Å². The van der Waals surface area contributed by atoms with Crippen LogP contribution < -0.4 is 16.6 Å². The third-order valence-corrected chi connectivity index (χ3v) is 6.01. The number of rotatable bonds is 5. The number of thiazole rings is 1. The largest absolute Gasteiger partial charge is 0.327 e. The van der Waals surface area contributed by atoms with Gasteiger partial charge in [0.15, 0.2) is 10.6 Å². The first-order chi connectivity index (χ1) is 14.2. The minimum absolute atomic E-state index is 0.0570. The van der Waals surface area contributed by atoms with Gasteiger partial charge in [0.25, 0.3) is 11.5 Å². The zero-order valence-corrected chi connectivity index (χ0v) is 18.4. The van der Waals surface area contributed by atoms with Gasteiger partial charge in [0.1, 0.15) is 11.2 Å². The summed E-state index contributed by atoms with van der Waals surface area (Å²) in [6.07, 6.45) is 2.01. The standard InChI is InChI=1S/C19H17BrN6O3S/c1-19(2,26-9-21-13-14(26)23-17(29)24-15(13)27)16(28)25-18-22-12(8-30-18)7-10-3-5-11(20)6-4-10/h3-6,8-9H,7H2,1-2H3,(H,22,25,28)(H2,23,24,27,29). The maximum Gasteiger partial charge on any atom is 0.327 e. The van der Waals surface area contributed by atoms with Crippen LogP contribution in [0.5, 0.6) is 0 Å². The number of H-pyrrole nitrogens is 2. The number of carbonyl (C=O) groups excluding carboxylic acids is 1. The molecule has 1 amide bonds. The Hall–Kier alpha value is -3.05. The number of hydrogen-bond donors (Lipinski definition) is 3. The Morgan fingerprint density at radius 2 is 1.97 bits per heavy atom. The Bertz CT molecular complexity index is 1350. The summed E-state index contributed by atoms with van der Waals surface area (Å²) in [4.78, 5) is 49.7. The number of carbonyl (C=O) groups is 1. The highest BCUT2D eigenvalue weighted by Gasteiger charge is 2.32. The van der Waals surface area contributed by atoms with Crippen LogP contribution in [-0.2, 0) is 16.8 Å². The fraction of sp³-hybridized carbons (Fsp3) is 0.211. The minimum Gasteiger partial charge on any atom is -0.302 e. The maximum absolute atomic E-state index is 13.0. The number of hydrogen-bond acceptors (Lipinski definition) is 6. The number of halogens is 1. The smallest absolute Gasteiger partial charge is 0.302 e. The van der Waals surface area contributed by atoms with Crippen molar-refractivity contribution in [3.63, 3.8) is 0 Å². The maximum atomic E-state index is 13.0. The number of nitrogens with one attached hydrogen (secondary N) is 3. The lowest BCUT2D eigenvalue weighted by Gasteiger charge is -2.25. The molecule has 0 unspecified atom stereocenters. The second-order valence-corrected chi connectivity index (χ2v) is 8.95. The van der Waals surface area contributed by atoms with E-state index in [0.29, 0.717) is 11.6 Å². The average Bonchev–Trinajstić information content (AvgIpc) is 3.31. The normalized spacial score (nSPS) is 11.7. The van der Waals surface area contributed by atoms with Crippen molar-refractivity contribution in [2.24, 2.45) is 0 Å². The first-order valence-corrected chi connectivity index (χ1v) is 10.6. The summed E-state index contributed by atoms with van der Waals surface area (Å²) in [5, 5.41) is 5.18. The number of imidazole rings is 1. The summed E-state index contributed by atoms with van der Waals surface area (Å²) < 4.78 is 2.47. The molecule has 0 fully saturated rings. The average molecular weight is 489 g/mol. The predicted molar refractivity (Wildman–Crippen MR) is 118 cm³/mol. The van der Waals surface area contributed by atoms with Gasteiger partial charge in [0, 0.05) is 16.3 Å². The second-order valence-electron chi connectivity index (χ2n) is 7.18. The van der Waals surface area contributed by atoms with E-state index in [0.717, 1.165) is 15.7 Å². The van der Waals surface area contributed by atoms with Gasteiger partial charge in [-0.25, -0.2) is 14.8 Å². The molecule has 154 valence electrons. The topological polar surface area (TPSA) is 126 Å². The summed E-state index contributed by atoms with van der Waals surface area (Å²) in [6.45, 7) is 3.33. The van der Waals surface area contributed by atoms with Crippen LogP contribution in [0.1, 0.15) is 25.1 Å². The van der Waals surface area contributed by atoms with Crippen molar-refractivity contribution in [1.82, 2.24) is 24.5 Å². The number of anilines is 1. The second kappa shape index (κ2) is 7.65. The van der Waals surface area contributed by atoms with Crippen molar-refractivity contribution in [1.29, 1.82) is 0 Å². The third-order valence-electron chi connectivity index (χ3n) is 4.67. The highest BCUT2D eigenvalue weighted by Crippen LogP contribution is 2.24. The SMILES string of the molecule is CC(C)(C(=O)Nc1nc(Cc2ccc(Br)cc2)cs1)n1cnc2c(=O)[nH]c(=O)[nH]c21. The van der Waals surface area contributed by atoms with E-state index in [1.54, 1.807) is 13.8 Å². The molecule has 0 spiro atoms. The molecule has 0 atom stereocenters. The van der Waals surface area contributed by atoms with Gasteiger partial charge in [-0.1, -0.05) is 28.1 Å². The van der Waals surface area contributed by atoms with Gasteiger partial charge in [-0.15, -0.1) is 11.3 Å². The number of aromatic amines is 2. The highest BCUT2D eigenvalue weighted by atomic mass is 79.9. The summed E-state index contributed by atoms with van der Waals surface area (Å²) in [6, 6.07) is 7.96. The van der Waals surface area contributed by atoms with Crippen molar-refractivity contribution in [3.8, 4) is 0 Å². The molecule has 0 bridgehead atoms. The molecule has 3 aromatic heterocycles. The van der Waals surface area contributed by atoms with Crippen LogP contribution in [-0.4, -0.2) is 30.4 Å². The Balaban J connectivity index is 1.55. The molecule has 1 aromatic carbocycles. The van der Waals surface area contributed by atoms with Crippen LogP contribution in [0.4, 0.5) is 5.13 Å². The molecule has 9 nitrogen and oxygen atoms in total. The minimum atomic E-state index is -1.14. The van der Waals surface area contributed by atoms with E-state index in [1.807, 2.05) is 29.6 Å². The zero-order valence-electron chi connectivity index (χ0n) is 16.0. The van der Waals surface area contributed by atoms with Crippen molar-refractivity contribution in [2.45, 2.75) is 25.8 Å². The first kappa shape index (κ1) is 20.2. The van der Waals surface area contributed by atoms with Gasteiger partial charge in [-0.05, 0) is 31.5 Å². The molecule has 3 heterocycles. The van der Waals surface area contributed by atoms with E-state index in [1.165, 1.54) is 22.2 Å². The molecule has 0 radical (unpaired) electrons. The molecule has 11 heteroatoms. The van der Waals surface area contributed by atoms with E-state index in [4.69, 9.17) is 0 Å². The Labute approximate surface area is 182 Å². The van der Waals surface area contributed by atoms with Crippen molar-refractivity contribution >= 4 is 49.5 Å². The molecule has 30 heavy (non-hydrogen) atoms. The van der Waals surface area contributed by atoms with E-state index >= 15 is 0 Å².